The number of ketones is 1. The highest BCUT2D eigenvalue weighted by molar-refractivity contribution is 7.13. The summed E-state index contributed by atoms with van der Waals surface area (Å²) < 4.78 is 5.57. The van der Waals surface area contributed by atoms with Gasteiger partial charge < -0.3 is 4.74 Å². The molecule has 1 N–H and O–H groups in total. The minimum Gasteiger partial charge on any atom is -0.484 e. The van der Waals surface area contributed by atoms with Gasteiger partial charge in [0.25, 0.3) is 5.91 Å². The number of benzene rings is 2. The highest BCUT2D eigenvalue weighted by Crippen LogP contribution is 2.21. The Morgan fingerprint density at radius 1 is 1.12 bits per heavy atom. The van der Waals surface area contributed by atoms with E-state index < -0.39 is 0 Å². The molecular weight excluding hydrogens is 422 g/mol. The number of rotatable bonds is 8. The molecule has 0 aliphatic carbocycles. The van der Waals surface area contributed by atoms with Crippen LogP contribution >= 0.6 is 11.3 Å². The van der Waals surface area contributed by atoms with E-state index in [9.17, 15) is 9.59 Å². The molecule has 1 atom stereocenters. The number of carbonyl (C=O) groups excluding carboxylic acids is 2. The van der Waals surface area contributed by atoms with Crippen LogP contribution in [0.25, 0.3) is 0 Å². The third-order valence-corrected chi connectivity index (χ3v) is 6.25. The maximum atomic E-state index is 12.5. The third kappa shape index (κ3) is 6.02. The summed E-state index contributed by atoms with van der Waals surface area (Å²) >= 11 is 1.43. The Kier molecular flexibility index (Phi) is 7.29. The fourth-order valence-electron chi connectivity index (χ4n) is 3.86. The van der Waals surface area contributed by atoms with Gasteiger partial charge in [-0.05, 0) is 49.6 Å². The Balaban J connectivity index is 1.24. The molecule has 3 aromatic rings. The van der Waals surface area contributed by atoms with Crippen LogP contribution in [-0.2, 0) is 11.3 Å². The normalized spacial score (nSPS) is 16.5. The SMILES string of the molecule is CC1CCCN(Cc2csc(NC(=O)COc3ccc(C(=O)c4ccccc4)cc3)n2)C1. The average Bonchev–Trinajstić information content (AvgIpc) is 3.24. The molecule has 6 nitrogen and oxygen atoms in total. The lowest BCUT2D eigenvalue weighted by molar-refractivity contribution is -0.118. The van der Waals surface area contributed by atoms with Gasteiger partial charge in [-0.1, -0.05) is 37.3 Å². The summed E-state index contributed by atoms with van der Waals surface area (Å²) in [6.07, 6.45) is 2.52. The fraction of sp³-hybridized carbons (Fsp3) is 0.320. The first kappa shape index (κ1) is 22.2. The van der Waals surface area contributed by atoms with Gasteiger partial charge in [0.1, 0.15) is 5.75 Å². The summed E-state index contributed by atoms with van der Waals surface area (Å²) in [6, 6.07) is 15.9. The van der Waals surface area contributed by atoms with Crippen LogP contribution in [0.1, 0.15) is 41.4 Å². The van der Waals surface area contributed by atoms with Crippen molar-refractivity contribution in [3.63, 3.8) is 0 Å². The maximum absolute atomic E-state index is 12.5. The first-order chi connectivity index (χ1) is 15.6. The van der Waals surface area contributed by atoms with E-state index in [0.717, 1.165) is 31.2 Å². The number of nitrogens with zero attached hydrogens (tertiary/aromatic N) is 2. The third-order valence-electron chi connectivity index (χ3n) is 5.45. The molecular formula is C25H27N3O3S. The second-order valence-electron chi connectivity index (χ2n) is 8.18. The molecule has 4 rings (SSSR count). The van der Waals surface area contributed by atoms with Crippen molar-refractivity contribution in [2.45, 2.75) is 26.3 Å². The van der Waals surface area contributed by atoms with Crippen molar-refractivity contribution in [1.29, 1.82) is 0 Å². The van der Waals surface area contributed by atoms with Crippen LogP contribution in [0.3, 0.4) is 0 Å². The van der Waals surface area contributed by atoms with Crippen molar-refractivity contribution >= 4 is 28.2 Å². The maximum Gasteiger partial charge on any atom is 0.264 e. The van der Waals surface area contributed by atoms with Crippen LogP contribution in [0.2, 0.25) is 0 Å². The van der Waals surface area contributed by atoms with Crippen molar-refractivity contribution in [2.75, 3.05) is 25.0 Å². The van der Waals surface area contributed by atoms with E-state index in [1.165, 1.54) is 24.2 Å². The number of anilines is 1. The monoisotopic (exact) mass is 449 g/mol. The first-order valence-electron chi connectivity index (χ1n) is 10.9. The molecule has 1 aliphatic heterocycles. The van der Waals surface area contributed by atoms with Gasteiger partial charge in [-0.3, -0.25) is 19.8 Å². The number of hydrogen-bond acceptors (Lipinski definition) is 6. The van der Waals surface area contributed by atoms with Crippen molar-refractivity contribution in [2.24, 2.45) is 5.92 Å². The van der Waals surface area contributed by atoms with E-state index in [1.54, 1.807) is 36.4 Å². The van der Waals surface area contributed by atoms with Gasteiger partial charge in [0, 0.05) is 29.6 Å². The zero-order valence-electron chi connectivity index (χ0n) is 18.1. The standard InChI is InChI=1S/C25H27N3O3S/c1-18-6-5-13-28(14-18)15-21-17-32-25(26-21)27-23(29)16-31-22-11-9-20(10-12-22)24(30)19-7-3-2-4-8-19/h2-4,7-12,17-18H,5-6,13-16H2,1H3,(H,26,27,29). The number of thiazole rings is 1. The molecule has 0 spiro atoms. The molecule has 2 aromatic carbocycles. The van der Waals surface area contributed by atoms with Crippen LogP contribution in [0, 0.1) is 5.92 Å². The summed E-state index contributed by atoms with van der Waals surface area (Å²) in [7, 11) is 0. The molecule has 0 saturated carbocycles. The average molecular weight is 450 g/mol. The predicted molar refractivity (Wildman–Crippen MR) is 126 cm³/mol. The number of hydrogen-bond donors (Lipinski definition) is 1. The Hall–Kier alpha value is -3.03. The van der Waals surface area contributed by atoms with Crippen molar-refractivity contribution in [3.8, 4) is 5.75 Å². The summed E-state index contributed by atoms with van der Waals surface area (Å²) in [5.74, 6) is 0.948. The summed E-state index contributed by atoms with van der Waals surface area (Å²) in [5, 5.41) is 5.38. The molecule has 0 bridgehead atoms. The lowest BCUT2D eigenvalue weighted by atomic mass is 10.0. The minimum absolute atomic E-state index is 0.0477. The van der Waals surface area contributed by atoms with Crippen molar-refractivity contribution in [3.05, 3.63) is 76.8 Å². The van der Waals surface area contributed by atoms with Crippen LogP contribution in [0.4, 0.5) is 5.13 Å². The molecule has 1 fully saturated rings. The first-order valence-corrected chi connectivity index (χ1v) is 11.7. The Morgan fingerprint density at radius 3 is 2.62 bits per heavy atom. The van der Waals surface area contributed by atoms with E-state index in [1.807, 2.05) is 23.6 Å². The Morgan fingerprint density at radius 2 is 1.88 bits per heavy atom. The fourth-order valence-corrected chi connectivity index (χ4v) is 4.58. The topological polar surface area (TPSA) is 71.5 Å². The summed E-state index contributed by atoms with van der Waals surface area (Å²) in [4.78, 5) is 31.7. The second kappa shape index (κ2) is 10.5. The van der Waals surface area contributed by atoms with Gasteiger partial charge >= 0.3 is 0 Å². The summed E-state index contributed by atoms with van der Waals surface area (Å²) in [5.41, 5.74) is 2.20. The van der Waals surface area contributed by atoms with Gasteiger partial charge in [0.05, 0.1) is 5.69 Å². The lowest BCUT2D eigenvalue weighted by Crippen LogP contribution is -2.33. The number of piperidine rings is 1. The molecule has 1 unspecified atom stereocenters. The summed E-state index contributed by atoms with van der Waals surface area (Å²) in [6.45, 7) is 5.19. The predicted octanol–water partition coefficient (Wildman–Crippen LogP) is 4.62. The highest BCUT2D eigenvalue weighted by atomic mass is 32.1. The number of aromatic nitrogens is 1. The van der Waals surface area contributed by atoms with Crippen LogP contribution in [0.5, 0.6) is 5.75 Å². The second-order valence-corrected chi connectivity index (χ2v) is 9.04. The van der Waals surface area contributed by atoms with Gasteiger partial charge in [-0.15, -0.1) is 11.3 Å². The van der Waals surface area contributed by atoms with E-state index in [-0.39, 0.29) is 18.3 Å². The number of carbonyl (C=O) groups is 2. The number of likely N-dealkylation sites (tertiary alicyclic amines) is 1. The highest BCUT2D eigenvalue weighted by Gasteiger charge is 2.17. The number of nitrogens with one attached hydrogen (secondary N) is 1. The van der Waals surface area contributed by atoms with Gasteiger partial charge in [0.2, 0.25) is 0 Å². The molecule has 1 saturated heterocycles. The van der Waals surface area contributed by atoms with E-state index in [0.29, 0.717) is 22.0 Å². The zero-order valence-corrected chi connectivity index (χ0v) is 18.9. The quantitative estimate of drug-likeness (QED) is 0.508. The van der Waals surface area contributed by atoms with Gasteiger partial charge in [0.15, 0.2) is 17.5 Å². The number of amides is 1. The van der Waals surface area contributed by atoms with Crippen LogP contribution in [0.15, 0.2) is 60.0 Å². The molecule has 1 aromatic heterocycles. The molecule has 1 aliphatic rings. The van der Waals surface area contributed by atoms with Gasteiger partial charge in [-0.25, -0.2) is 4.98 Å². The molecule has 2 heterocycles. The van der Waals surface area contributed by atoms with Crippen LogP contribution in [-0.4, -0.2) is 41.3 Å². The smallest absolute Gasteiger partial charge is 0.264 e. The lowest BCUT2D eigenvalue weighted by Gasteiger charge is -2.30. The minimum atomic E-state index is -0.262. The van der Waals surface area contributed by atoms with Crippen molar-refractivity contribution < 1.29 is 14.3 Å². The Bertz CT molecular complexity index is 1050. The van der Waals surface area contributed by atoms with Gasteiger partial charge in [-0.2, -0.15) is 0 Å². The zero-order chi connectivity index (χ0) is 22.3. The number of ether oxygens (including phenoxy) is 1. The van der Waals surface area contributed by atoms with Crippen LogP contribution < -0.4 is 10.1 Å². The molecule has 32 heavy (non-hydrogen) atoms. The van der Waals surface area contributed by atoms with E-state index in [2.05, 4.69) is 22.1 Å². The van der Waals surface area contributed by atoms with E-state index >= 15 is 0 Å². The molecule has 166 valence electrons. The molecule has 1 amide bonds. The molecule has 7 heteroatoms. The van der Waals surface area contributed by atoms with Crippen molar-refractivity contribution in [1.82, 2.24) is 9.88 Å². The Labute approximate surface area is 192 Å². The molecule has 0 radical (unpaired) electrons. The largest absolute Gasteiger partial charge is 0.484 e. The van der Waals surface area contributed by atoms with E-state index in [4.69, 9.17) is 4.74 Å².